The van der Waals surface area contributed by atoms with Crippen molar-refractivity contribution in [3.05, 3.63) is 58.4 Å². The average molecular weight is 756 g/mol. The third kappa shape index (κ3) is 8.05. The van der Waals surface area contributed by atoms with Crippen LogP contribution in [-0.2, 0) is 37.3 Å². The van der Waals surface area contributed by atoms with Crippen LogP contribution in [0, 0.1) is 0 Å². The van der Waals surface area contributed by atoms with Crippen molar-refractivity contribution in [2.75, 3.05) is 57.9 Å². The average Bonchev–Trinajstić information content (AvgIpc) is 3.75. The zero-order valence-corrected chi connectivity index (χ0v) is 31.8. The highest BCUT2D eigenvalue weighted by atomic mass is 16.5. The number of imide groups is 1. The summed E-state index contributed by atoms with van der Waals surface area (Å²) in [6.45, 7) is 5.89. The van der Waals surface area contributed by atoms with Crippen LogP contribution < -0.4 is 16.3 Å². The number of nitrogens with one attached hydrogen (secondary N) is 2. The summed E-state index contributed by atoms with van der Waals surface area (Å²) in [5.41, 5.74) is 4.65. The Morgan fingerprint density at radius 3 is 2.55 bits per heavy atom. The first-order valence-corrected chi connectivity index (χ1v) is 20.1. The molecule has 6 heterocycles. The summed E-state index contributed by atoms with van der Waals surface area (Å²) in [6.07, 6.45) is 12.7. The van der Waals surface area contributed by atoms with E-state index in [0.717, 1.165) is 113 Å². The topological polar surface area (TPSA) is 157 Å². The number of rotatable bonds is 12. The number of nitrogens with zero attached hydrogens (tertiary/aromatic N) is 7. The number of aryl methyl sites for hydroxylation is 2. The third-order valence-corrected chi connectivity index (χ3v) is 12.3. The molecule has 55 heavy (non-hydrogen) atoms. The maximum atomic E-state index is 13.0. The van der Waals surface area contributed by atoms with Crippen molar-refractivity contribution in [1.82, 2.24) is 38.8 Å². The maximum absolute atomic E-state index is 13.0. The molecular weight excluding hydrogens is 702 g/mol. The molecule has 3 saturated heterocycles. The van der Waals surface area contributed by atoms with Gasteiger partial charge in [0.2, 0.25) is 17.7 Å². The van der Waals surface area contributed by atoms with Crippen molar-refractivity contribution < 1.29 is 23.9 Å². The monoisotopic (exact) mass is 755 g/mol. The van der Waals surface area contributed by atoms with Gasteiger partial charge in [-0.1, -0.05) is 6.07 Å². The Hall–Kier alpha value is -4.60. The molecule has 1 unspecified atom stereocenters. The first-order valence-electron chi connectivity index (χ1n) is 20.1. The molecule has 3 amide bonds. The SMILES string of the molecule is Cn1c(=O)n(C2CCC(=O)NC2=O)c2ccc(CCCOCCC(=O)N3CCN([C@H]4CC[C@H](Nc5ncnn6ccc(C7CCOCC7)c56)CC4)CC3)cc21. The number of benzene rings is 1. The van der Waals surface area contributed by atoms with Crippen molar-refractivity contribution in [3.63, 3.8) is 0 Å². The van der Waals surface area contributed by atoms with Gasteiger partial charge in [0.15, 0.2) is 5.82 Å². The Morgan fingerprint density at radius 2 is 1.76 bits per heavy atom. The lowest BCUT2D eigenvalue weighted by Crippen LogP contribution is -2.53. The zero-order chi connectivity index (χ0) is 37.9. The number of ether oxygens (including phenoxy) is 2. The van der Waals surface area contributed by atoms with Gasteiger partial charge in [0.05, 0.1) is 24.1 Å². The molecule has 15 heteroatoms. The Labute approximate surface area is 320 Å². The van der Waals surface area contributed by atoms with Crippen molar-refractivity contribution in [1.29, 1.82) is 0 Å². The number of imidazole rings is 1. The molecule has 1 aliphatic carbocycles. The summed E-state index contributed by atoms with van der Waals surface area (Å²) >= 11 is 0. The Morgan fingerprint density at radius 1 is 0.964 bits per heavy atom. The van der Waals surface area contributed by atoms with E-state index < -0.39 is 11.9 Å². The molecule has 1 atom stereocenters. The molecule has 1 aromatic carbocycles. The van der Waals surface area contributed by atoms with E-state index in [2.05, 4.69) is 31.7 Å². The molecule has 3 aliphatic heterocycles. The highest BCUT2D eigenvalue weighted by Crippen LogP contribution is 2.34. The van der Waals surface area contributed by atoms with Crippen LogP contribution in [0.15, 0.2) is 41.6 Å². The van der Waals surface area contributed by atoms with Crippen LogP contribution in [-0.4, -0.2) is 116 Å². The van der Waals surface area contributed by atoms with Gasteiger partial charge in [-0.3, -0.25) is 33.7 Å². The van der Waals surface area contributed by atoms with Gasteiger partial charge < -0.3 is 19.7 Å². The molecule has 4 aromatic rings. The number of piperidine rings is 1. The number of carbonyl (C=O) groups is 3. The van der Waals surface area contributed by atoms with E-state index in [1.807, 2.05) is 33.8 Å². The lowest BCUT2D eigenvalue weighted by molar-refractivity contribution is -0.136. The number of fused-ring (bicyclic) bond motifs is 2. The van der Waals surface area contributed by atoms with Gasteiger partial charge in [-0.05, 0) is 93.0 Å². The molecular formula is C40H53N9O6. The largest absolute Gasteiger partial charge is 0.381 e. The second-order valence-corrected chi connectivity index (χ2v) is 15.6. The Kier molecular flexibility index (Phi) is 11.3. The van der Waals surface area contributed by atoms with E-state index >= 15 is 0 Å². The molecule has 294 valence electrons. The van der Waals surface area contributed by atoms with Crippen LogP contribution in [0.2, 0.25) is 0 Å². The van der Waals surface area contributed by atoms with Gasteiger partial charge in [-0.2, -0.15) is 5.10 Å². The van der Waals surface area contributed by atoms with Gasteiger partial charge in [-0.15, -0.1) is 0 Å². The molecule has 3 aromatic heterocycles. The predicted molar refractivity (Wildman–Crippen MR) is 206 cm³/mol. The summed E-state index contributed by atoms with van der Waals surface area (Å²) in [4.78, 5) is 59.4. The second-order valence-electron chi connectivity index (χ2n) is 15.6. The predicted octanol–water partition coefficient (Wildman–Crippen LogP) is 3.16. The minimum Gasteiger partial charge on any atom is -0.381 e. The minimum atomic E-state index is -0.696. The fourth-order valence-electron chi connectivity index (χ4n) is 9.13. The van der Waals surface area contributed by atoms with Crippen LogP contribution in [0.25, 0.3) is 16.6 Å². The highest BCUT2D eigenvalue weighted by Gasteiger charge is 2.32. The summed E-state index contributed by atoms with van der Waals surface area (Å²) < 4.78 is 16.5. The van der Waals surface area contributed by atoms with E-state index in [0.29, 0.717) is 49.6 Å². The number of hydrogen-bond acceptors (Lipinski definition) is 10. The number of carbonyl (C=O) groups excluding carboxylic acids is 3. The summed E-state index contributed by atoms with van der Waals surface area (Å²) in [5.74, 6) is 0.830. The molecule has 4 aliphatic rings. The van der Waals surface area contributed by atoms with E-state index in [1.54, 1.807) is 17.9 Å². The Bertz CT molecular complexity index is 2070. The van der Waals surface area contributed by atoms with Crippen LogP contribution in [0.4, 0.5) is 5.82 Å². The van der Waals surface area contributed by atoms with Crippen LogP contribution in [0.3, 0.4) is 0 Å². The fourth-order valence-corrected chi connectivity index (χ4v) is 9.13. The van der Waals surface area contributed by atoms with Crippen molar-refractivity contribution >= 4 is 40.1 Å². The third-order valence-electron chi connectivity index (χ3n) is 12.3. The van der Waals surface area contributed by atoms with E-state index in [1.165, 1.54) is 10.1 Å². The lowest BCUT2D eigenvalue weighted by atomic mass is 9.89. The van der Waals surface area contributed by atoms with Crippen LogP contribution in [0.1, 0.15) is 87.3 Å². The van der Waals surface area contributed by atoms with E-state index in [-0.39, 0.29) is 23.9 Å². The molecule has 0 spiro atoms. The van der Waals surface area contributed by atoms with Gasteiger partial charge in [0.25, 0.3) is 0 Å². The van der Waals surface area contributed by atoms with Gasteiger partial charge >= 0.3 is 5.69 Å². The minimum absolute atomic E-state index is 0.154. The number of piperazine rings is 1. The standard InChI is InChI=1S/C40H53N9O6/c1-45-34-25-27(4-9-32(34)49(40(45)53)33-10-11-35(50)44-39(33)52)3-2-21-54-24-15-36(51)47-19-17-46(18-20-47)30-7-5-29(6-8-30)43-38-37-31(28-13-22-55-23-14-28)12-16-48(37)42-26-41-38/h4,9,12,16,25-26,28-30,33H,2-3,5-8,10-11,13-15,17-24H2,1H3,(H,41,42,43)(H,44,50,52)/t29-,30-,33?. The molecule has 1 saturated carbocycles. The summed E-state index contributed by atoms with van der Waals surface area (Å²) in [5, 5.41) is 10.6. The number of hydrogen-bond donors (Lipinski definition) is 2. The number of anilines is 1. The van der Waals surface area contributed by atoms with E-state index in [4.69, 9.17) is 9.47 Å². The second kappa shape index (κ2) is 16.6. The quantitative estimate of drug-likeness (QED) is 0.163. The van der Waals surface area contributed by atoms with Crippen LogP contribution >= 0.6 is 0 Å². The molecule has 15 nitrogen and oxygen atoms in total. The van der Waals surface area contributed by atoms with Crippen molar-refractivity contribution in [2.45, 2.75) is 94.7 Å². The molecule has 2 N–H and O–H groups in total. The molecule has 0 radical (unpaired) electrons. The maximum Gasteiger partial charge on any atom is 0.329 e. The van der Waals surface area contributed by atoms with Crippen molar-refractivity contribution in [2.24, 2.45) is 7.05 Å². The van der Waals surface area contributed by atoms with Gasteiger partial charge in [-0.25, -0.2) is 14.3 Å². The highest BCUT2D eigenvalue weighted by molar-refractivity contribution is 6.00. The van der Waals surface area contributed by atoms with Gasteiger partial charge in [0.1, 0.15) is 17.9 Å². The zero-order valence-electron chi connectivity index (χ0n) is 31.8. The lowest BCUT2D eigenvalue weighted by Gasteiger charge is -2.42. The smallest absolute Gasteiger partial charge is 0.329 e. The number of amides is 3. The first kappa shape index (κ1) is 37.3. The first-order chi connectivity index (χ1) is 26.8. The molecule has 0 bridgehead atoms. The summed E-state index contributed by atoms with van der Waals surface area (Å²) in [7, 11) is 1.70. The molecule has 4 fully saturated rings. The van der Waals surface area contributed by atoms with Crippen LogP contribution in [0.5, 0.6) is 0 Å². The normalized spacial score (nSPS) is 23.1. The van der Waals surface area contributed by atoms with Crippen molar-refractivity contribution in [3.8, 4) is 0 Å². The Balaban J connectivity index is 0.735. The molecule has 8 rings (SSSR count). The number of aromatic nitrogens is 5. The van der Waals surface area contributed by atoms with E-state index in [9.17, 15) is 19.2 Å². The summed E-state index contributed by atoms with van der Waals surface area (Å²) in [6, 6.07) is 8.27. The van der Waals surface area contributed by atoms with Gasteiger partial charge in [0, 0.05) is 77.7 Å². The fraction of sp³-hybridized carbons (Fsp3) is 0.600.